The third kappa shape index (κ3) is 4.43. The second kappa shape index (κ2) is 7.77. The maximum absolute atomic E-state index is 5.68. The van der Waals surface area contributed by atoms with Crippen LogP contribution in [-0.2, 0) is 19.4 Å². The van der Waals surface area contributed by atoms with Gasteiger partial charge in [-0.1, -0.05) is 42.4 Å². The molecule has 108 valence electrons. The number of rotatable bonds is 8. The predicted molar refractivity (Wildman–Crippen MR) is 78.2 cm³/mol. The summed E-state index contributed by atoms with van der Waals surface area (Å²) in [5, 5.41) is 4.00. The molecule has 1 aromatic carbocycles. The number of hydrogen-bond donors (Lipinski definition) is 1. The lowest BCUT2D eigenvalue weighted by atomic mass is 10.1. The molecule has 2 N–H and O–H groups in total. The Morgan fingerprint density at radius 2 is 2.00 bits per heavy atom. The summed E-state index contributed by atoms with van der Waals surface area (Å²) in [6.07, 6.45) is 1.77. The van der Waals surface area contributed by atoms with E-state index in [2.05, 4.69) is 39.3 Å². The smallest absolute Gasteiger partial charge is 0.226 e. The van der Waals surface area contributed by atoms with Crippen LogP contribution in [0.5, 0.6) is 0 Å². The monoisotopic (exact) mass is 274 g/mol. The Balaban J connectivity index is 1.89. The Kier molecular flexibility index (Phi) is 5.70. The molecule has 0 atom stereocenters. The van der Waals surface area contributed by atoms with Gasteiger partial charge in [-0.2, -0.15) is 4.98 Å². The number of nitrogens with two attached hydrogens (primary N) is 1. The van der Waals surface area contributed by atoms with Gasteiger partial charge in [0.15, 0.2) is 5.82 Å². The molecule has 0 aliphatic rings. The van der Waals surface area contributed by atoms with Gasteiger partial charge in [0, 0.05) is 26.1 Å². The minimum atomic E-state index is 0.632. The minimum absolute atomic E-state index is 0.632. The van der Waals surface area contributed by atoms with Crippen molar-refractivity contribution in [3.05, 3.63) is 47.6 Å². The van der Waals surface area contributed by atoms with Crippen molar-refractivity contribution in [3.63, 3.8) is 0 Å². The average Bonchev–Trinajstić information content (AvgIpc) is 2.94. The summed E-state index contributed by atoms with van der Waals surface area (Å²) in [6, 6.07) is 10.5. The molecule has 0 aliphatic heterocycles. The molecule has 1 aromatic heterocycles. The molecule has 0 saturated heterocycles. The third-order valence-corrected chi connectivity index (χ3v) is 3.18. The normalized spacial score (nSPS) is 11.2. The topological polar surface area (TPSA) is 68.2 Å². The van der Waals surface area contributed by atoms with Crippen LogP contribution in [0.4, 0.5) is 0 Å². The summed E-state index contributed by atoms with van der Waals surface area (Å²) in [7, 11) is 0. The molecule has 0 saturated carbocycles. The summed E-state index contributed by atoms with van der Waals surface area (Å²) in [4.78, 5) is 6.61. The molecule has 0 unspecified atom stereocenters. The number of hydrogen-bond acceptors (Lipinski definition) is 5. The first-order valence-electron chi connectivity index (χ1n) is 7.09. The number of nitrogens with zero attached hydrogens (tertiary/aromatic N) is 3. The van der Waals surface area contributed by atoms with Crippen molar-refractivity contribution in [2.75, 3.05) is 19.6 Å². The summed E-state index contributed by atoms with van der Waals surface area (Å²) >= 11 is 0. The Hall–Kier alpha value is -1.72. The van der Waals surface area contributed by atoms with E-state index >= 15 is 0 Å². The lowest BCUT2D eigenvalue weighted by Crippen LogP contribution is -2.31. The molecule has 2 rings (SSSR count). The minimum Gasteiger partial charge on any atom is -0.339 e. The molecule has 5 heteroatoms. The van der Waals surface area contributed by atoms with Gasteiger partial charge >= 0.3 is 0 Å². The van der Waals surface area contributed by atoms with Crippen molar-refractivity contribution in [2.45, 2.75) is 26.3 Å². The lowest BCUT2D eigenvalue weighted by Gasteiger charge is -2.19. The first-order chi connectivity index (χ1) is 9.81. The van der Waals surface area contributed by atoms with E-state index in [4.69, 9.17) is 10.3 Å². The van der Waals surface area contributed by atoms with Crippen molar-refractivity contribution in [3.8, 4) is 0 Å². The van der Waals surface area contributed by atoms with E-state index in [1.54, 1.807) is 0 Å². The largest absolute Gasteiger partial charge is 0.339 e. The van der Waals surface area contributed by atoms with E-state index in [0.717, 1.165) is 31.8 Å². The van der Waals surface area contributed by atoms with Crippen LogP contribution in [0.1, 0.15) is 24.2 Å². The molecular formula is C15H22N4O. The SMILES string of the molecule is CCc1nc(CN(CCN)CCc2ccccc2)no1. The third-order valence-electron chi connectivity index (χ3n) is 3.18. The Labute approximate surface area is 119 Å². The van der Waals surface area contributed by atoms with E-state index in [9.17, 15) is 0 Å². The molecule has 0 amide bonds. The van der Waals surface area contributed by atoms with Crippen LogP contribution in [0.3, 0.4) is 0 Å². The highest BCUT2D eigenvalue weighted by atomic mass is 16.5. The van der Waals surface area contributed by atoms with Crippen LogP contribution in [0.25, 0.3) is 0 Å². The number of aryl methyl sites for hydroxylation is 1. The van der Waals surface area contributed by atoms with Gasteiger partial charge < -0.3 is 10.3 Å². The van der Waals surface area contributed by atoms with Crippen LogP contribution < -0.4 is 5.73 Å². The van der Waals surface area contributed by atoms with E-state index in [-0.39, 0.29) is 0 Å². The quantitative estimate of drug-likeness (QED) is 0.792. The first kappa shape index (κ1) is 14.7. The zero-order chi connectivity index (χ0) is 14.2. The maximum atomic E-state index is 5.68. The lowest BCUT2D eigenvalue weighted by molar-refractivity contribution is 0.263. The van der Waals surface area contributed by atoms with Crippen LogP contribution in [0.15, 0.2) is 34.9 Å². The number of aromatic nitrogens is 2. The van der Waals surface area contributed by atoms with E-state index in [1.807, 2.05) is 13.0 Å². The predicted octanol–water partition coefficient (Wildman–Crippen LogP) is 1.64. The van der Waals surface area contributed by atoms with E-state index < -0.39 is 0 Å². The second-order valence-electron chi connectivity index (χ2n) is 4.76. The molecule has 5 nitrogen and oxygen atoms in total. The molecule has 1 heterocycles. The fourth-order valence-electron chi connectivity index (χ4n) is 2.08. The van der Waals surface area contributed by atoms with Crippen LogP contribution >= 0.6 is 0 Å². The zero-order valence-corrected chi connectivity index (χ0v) is 12.0. The van der Waals surface area contributed by atoms with Gasteiger partial charge in [-0.15, -0.1) is 0 Å². The van der Waals surface area contributed by atoms with Crippen LogP contribution in [0, 0.1) is 0 Å². The zero-order valence-electron chi connectivity index (χ0n) is 12.0. The average molecular weight is 274 g/mol. The van der Waals surface area contributed by atoms with Gasteiger partial charge in [0.25, 0.3) is 0 Å². The fourth-order valence-corrected chi connectivity index (χ4v) is 2.08. The molecular weight excluding hydrogens is 252 g/mol. The summed E-state index contributed by atoms with van der Waals surface area (Å²) in [6.45, 7) is 5.10. The molecule has 0 fully saturated rings. The number of benzene rings is 1. The summed E-state index contributed by atoms with van der Waals surface area (Å²) < 4.78 is 5.14. The molecule has 0 radical (unpaired) electrons. The first-order valence-corrected chi connectivity index (χ1v) is 7.09. The standard InChI is InChI=1S/C15H22N4O/c1-2-15-17-14(18-20-15)12-19(11-9-16)10-8-13-6-4-3-5-7-13/h3-7H,2,8-12,16H2,1H3. The summed E-state index contributed by atoms with van der Waals surface area (Å²) in [5.74, 6) is 1.43. The van der Waals surface area contributed by atoms with Gasteiger partial charge in [0.1, 0.15) is 0 Å². The van der Waals surface area contributed by atoms with Crippen molar-refractivity contribution in [1.29, 1.82) is 0 Å². The van der Waals surface area contributed by atoms with Gasteiger partial charge in [-0.3, -0.25) is 4.90 Å². The van der Waals surface area contributed by atoms with E-state index in [0.29, 0.717) is 19.0 Å². The Morgan fingerprint density at radius 3 is 2.65 bits per heavy atom. The van der Waals surface area contributed by atoms with Gasteiger partial charge in [-0.25, -0.2) is 0 Å². The molecule has 2 aromatic rings. The Bertz CT molecular complexity index is 498. The summed E-state index contributed by atoms with van der Waals surface area (Å²) in [5.41, 5.74) is 7.01. The van der Waals surface area contributed by atoms with Gasteiger partial charge in [0.05, 0.1) is 6.54 Å². The van der Waals surface area contributed by atoms with Crippen LogP contribution in [-0.4, -0.2) is 34.7 Å². The van der Waals surface area contributed by atoms with Crippen molar-refractivity contribution in [1.82, 2.24) is 15.0 Å². The van der Waals surface area contributed by atoms with Crippen molar-refractivity contribution < 1.29 is 4.52 Å². The highest BCUT2D eigenvalue weighted by Crippen LogP contribution is 2.05. The molecule has 0 bridgehead atoms. The van der Waals surface area contributed by atoms with Gasteiger partial charge in [-0.05, 0) is 12.0 Å². The maximum Gasteiger partial charge on any atom is 0.226 e. The second-order valence-corrected chi connectivity index (χ2v) is 4.76. The van der Waals surface area contributed by atoms with Crippen LogP contribution in [0.2, 0.25) is 0 Å². The molecule has 0 aliphatic carbocycles. The molecule has 20 heavy (non-hydrogen) atoms. The highest BCUT2D eigenvalue weighted by molar-refractivity contribution is 5.14. The highest BCUT2D eigenvalue weighted by Gasteiger charge is 2.10. The van der Waals surface area contributed by atoms with Crippen molar-refractivity contribution >= 4 is 0 Å². The van der Waals surface area contributed by atoms with E-state index in [1.165, 1.54) is 5.56 Å². The fraction of sp³-hybridized carbons (Fsp3) is 0.467. The van der Waals surface area contributed by atoms with Crippen molar-refractivity contribution in [2.24, 2.45) is 5.73 Å². The molecule has 0 spiro atoms. The van der Waals surface area contributed by atoms with Gasteiger partial charge in [0.2, 0.25) is 5.89 Å². The Morgan fingerprint density at radius 1 is 1.20 bits per heavy atom.